The average Bonchev–Trinajstić information content (AvgIpc) is 2.89. The van der Waals surface area contributed by atoms with Crippen molar-refractivity contribution in [2.24, 2.45) is 0 Å². The molecule has 2 aromatic rings. The third kappa shape index (κ3) is 4.00. The van der Waals surface area contributed by atoms with Crippen LogP contribution < -0.4 is 0 Å². The molecule has 0 aliphatic heterocycles. The Morgan fingerprint density at radius 2 is 1.60 bits per heavy atom. The molecule has 0 aliphatic rings. The maximum absolute atomic E-state index is 2.47. The van der Waals surface area contributed by atoms with Gasteiger partial charge in [0.05, 0.1) is 0 Å². The lowest BCUT2D eigenvalue weighted by Gasteiger charge is -2.07. The molecule has 0 unspecified atom stereocenters. The molecule has 1 heteroatoms. The fraction of sp³-hybridized carbons (Fsp3) is 0.474. The lowest BCUT2D eigenvalue weighted by Crippen LogP contribution is -2.01. The van der Waals surface area contributed by atoms with Crippen LogP contribution in [0.3, 0.4) is 0 Å². The summed E-state index contributed by atoms with van der Waals surface area (Å²) in [4.78, 5) is 0. The van der Waals surface area contributed by atoms with E-state index < -0.39 is 0 Å². The van der Waals surface area contributed by atoms with Crippen LogP contribution in [0.2, 0.25) is 0 Å². The quantitative estimate of drug-likeness (QED) is 0.543. The highest BCUT2D eigenvalue weighted by molar-refractivity contribution is 5.63. The third-order valence-corrected chi connectivity index (χ3v) is 3.88. The first kappa shape index (κ1) is 14.9. The first-order valence-corrected chi connectivity index (χ1v) is 8.09. The summed E-state index contributed by atoms with van der Waals surface area (Å²) >= 11 is 0. The van der Waals surface area contributed by atoms with E-state index in [4.69, 9.17) is 0 Å². The number of unbranched alkanes of at least 4 members (excludes halogenated alkanes) is 3. The van der Waals surface area contributed by atoms with Gasteiger partial charge in [0.15, 0.2) is 0 Å². The predicted molar refractivity (Wildman–Crippen MR) is 88.0 cm³/mol. The molecule has 0 spiro atoms. The molecule has 2 rings (SSSR count). The molecule has 1 aromatic heterocycles. The van der Waals surface area contributed by atoms with Gasteiger partial charge in [-0.05, 0) is 36.5 Å². The Hall–Kier alpha value is -1.50. The van der Waals surface area contributed by atoms with Crippen LogP contribution in [0.15, 0.2) is 42.6 Å². The molecule has 0 atom stereocenters. The molecule has 0 bridgehead atoms. The van der Waals surface area contributed by atoms with Gasteiger partial charge in [-0.15, -0.1) is 0 Å². The van der Waals surface area contributed by atoms with E-state index in [9.17, 15) is 0 Å². The molecule has 0 saturated heterocycles. The van der Waals surface area contributed by atoms with Crippen molar-refractivity contribution >= 4 is 0 Å². The second kappa shape index (κ2) is 7.94. The van der Waals surface area contributed by atoms with Crippen LogP contribution in [0, 0.1) is 0 Å². The summed E-state index contributed by atoms with van der Waals surface area (Å²) in [5.74, 6) is 0. The number of aromatic nitrogens is 1. The summed E-state index contributed by atoms with van der Waals surface area (Å²) in [5, 5.41) is 0. The molecule has 1 heterocycles. The molecule has 0 aliphatic carbocycles. The molecule has 20 heavy (non-hydrogen) atoms. The van der Waals surface area contributed by atoms with Crippen LogP contribution in [0.5, 0.6) is 0 Å². The second-order valence-corrected chi connectivity index (χ2v) is 5.59. The smallest absolute Gasteiger partial charge is 0.0222 e. The van der Waals surface area contributed by atoms with Crippen LogP contribution in [0.1, 0.15) is 51.6 Å². The standard InChI is InChI=1S/C19H27N/c1-3-5-8-13-19-15-18(16-20(19)14-6-4-2)17-11-9-7-10-12-17/h7,9-12,15-16H,3-6,8,13-14H2,1-2H3. The number of rotatable bonds is 8. The van der Waals surface area contributed by atoms with Gasteiger partial charge >= 0.3 is 0 Å². The zero-order chi connectivity index (χ0) is 14.2. The minimum absolute atomic E-state index is 1.16. The van der Waals surface area contributed by atoms with Crippen molar-refractivity contribution in [3.05, 3.63) is 48.3 Å². The van der Waals surface area contributed by atoms with Crippen molar-refractivity contribution in [3.63, 3.8) is 0 Å². The van der Waals surface area contributed by atoms with Gasteiger partial charge < -0.3 is 4.57 Å². The van der Waals surface area contributed by atoms with E-state index in [1.807, 2.05) is 0 Å². The van der Waals surface area contributed by atoms with Crippen molar-refractivity contribution < 1.29 is 0 Å². The number of aryl methyl sites for hydroxylation is 2. The normalized spacial score (nSPS) is 10.9. The van der Waals surface area contributed by atoms with Gasteiger partial charge in [0.1, 0.15) is 0 Å². The molecule has 0 radical (unpaired) electrons. The SMILES string of the molecule is CCCCCc1cc(-c2ccccc2)cn1CCCC. The highest BCUT2D eigenvalue weighted by atomic mass is 15.0. The average molecular weight is 269 g/mol. The maximum atomic E-state index is 2.47. The maximum Gasteiger partial charge on any atom is 0.0222 e. The lowest BCUT2D eigenvalue weighted by molar-refractivity contribution is 0.595. The van der Waals surface area contributed by atoms with Crippen molar-refractivity contribution in [3.8, 4) is 11.1 Å². The van der Waals surface area contributed by atoms with E-state index in [-0.39, 0.29) is 0 Å². The zero-order valence-electron chi connectivity index (χ0n) is 12.9. The van der Waals surface area contributed by atoms with Gasteiger partial charge in [-0.25, -0.2) is 0 Å². The van der Waals surface area contributed by atoms with E-state index in [2.05, 4.69) is 61.0 Å². The Morgan fingerprint density at radius 3 is 2.30 bits per heavy atom. The highest BCUT2D eigenvalue weighted by Gasteiger charge is 2.07. The van der Waals surface area contributed by atoms with Crippen LogP contribution in [-0.2, 0) is 13.0 Å². The summed E-state index contributed by atoms with van der Waals surface area (Å²) in [6.07, 6.45) is 10.0. The van der Waals surface area contributed by atoms with Crippen LogP contribution in [-0.4, -0.2) is 4.57 Å². The van der Waals surface area contributed by atoms with E-state index in [1.54, 1.807) is 0 Å². The fourth-order valence-electron chi connectivity index (χ4n) is 2.65. The first-order chi connectivity index (χ1) is 9.85. The third-order valence-electron chi connectivity index (χ3n) is 3.88. The molecule has 0 saturated carbocycles. The second-order valence-electron chi connectivity index (χ2n) is 5.59. The minimum atomic E-state index is 1.16. The number of hydrogen-bond donors (Lipinski definition) is 0. The molecule has 1 nitrogen and oxygen atoms in total. The van der Waals surface area contributed by atoms with Crippen LogP contribution in [0.4, 0.5) is 0 Å². The van der Waals surface area contributed by atoms with Gasteiger partial charge in [-0.2, -0.15) is 0 Å². The topological polar surface area (TPSA) is 4.93 Å². The minimum Gasteiger partial charge on any atom is -0.351 e. The summed E-state index contributed by atoms with van der Waals surface area (Å²) in [6, 6.07) is 13.1. The Morgan fingerprint density at radius 1 is 0.850 bits per heavy atom. The van der Waals surface area contributed by atoms with Crippen molar-refractivity contribution in [2.45, 2.75) is 58.9 Å². The molecule has 0 amide bonds. The summed E-state index contributed by atoms with van der Waals surface area (Å²) in [6.45, 7) is 5.69. The van der Waals surface area contributed by atoms with Gasteiger partial charge in [-0.1, -0.05) is 63.4 Å². The predicted octanol–water partition coefficient (Wildman–Crippen LogP) is 5.69. The van der Waals surface area contributed by atoms with Crippen molar-refractivity contribution in [1.29, 1.82) is 0 Å². The van der Waals surface area contributed by atoms with Gasteiger partial charge in [0.25, 0.3) is 0 Å². The number of nitrogens with zero attached hydrogens (tertiary/aromatic N) is 1. The van der Waals surface area contributed by atoms with Crippen LogP contribution in [0.25, 0.3) is 11.1 Å². The first-order valence-electron chi connectivity index (χ1n) is 8.09. The Bertz CT molecular complexity index is 496. The molecule has 0 fully saturated rings. The van der Waals surface area contributed by atoms with Crippen LogP contribution >= 0.6 is 0 Å². The highest BCUT2D eigenvalue weighted by Crippen LogP contribution is 2.23. The van der Waals surface area contributed by atoms with E-state index in [0.717, 1.165) is 6.54 Å². The van der Waals surface area contributed by atoms with E-state index in [1.165, 1.54) is 55.3 Å². The molecular formula is C19H27N. The van der Waals surface area contributed by atoms with Gasteiger partial charge in [0, 0.05) is 18.4 Å². The molecule has 108 valence electrons. The molecule has 1 aromatic carbocycles. The number of hydrogen-bond acceptors (Lipinski definition) is 0. The summed E-state index contributed by atoms with van der Waals surface area (Å²) in [5.41, 5.74) is 4.21. The monoisotopic (exact) mass is 269 g/mol. The van der Waals surface area contributed by atoms with Crippen molar-refractivity contribution in [1.82, 2.24) is 4.57 Å². The Labute approximate surface area is 123 Å². The zero-order valence-corrected chi connectivity index (χ0v) is 12.9. The Balaban J connectivity index is 2.17. The summed E-state index contributed by atoms with van der Waals surface area (Å²) in [7, 11) is 0. The summed E-state index contributed by atoms with van der Waals surface area (Å²) < 4.78 is 2.47. The van der Waals surface area contributed by atoms with E-state index in [0.29, 0.717) is 0 Å². The number of benzene rings is 1. The van der Waals surface area contributed by atoms with Gasteiger partial charge in [-0.3, -0.25) is 0 Å². The Kier molecular flexibility index (Phi) is 5.91. The molecule has 0 N–H and O–H groups in total. The van der Waals surface area contributed by atoms with E-state index >= 15 is 0 Å². The molecular weight excluding hydrogens is 242 g/mol. The lowest BCUT2D eigenvalue weighted by atomic mass is 10.1. The fourth-order valence-corrected chi connectivity index (χ4v) is 2.65. The largest absolute Gasteiger partial charge is 0.351 e. The van der Waals surface area contributed by atoms with Gasteiger partial charge in [0.2, 0.25) is 0 Å². The van der Waals surface area contributed by atoms with Crippen molar-refractivity contribution in [2.75, 3.05) is 0 Å².